The van der Waals surface area contributed by atoms with Gasteiger partial charge in [0.1, 0.15) is 0 Å². The van der Waals surface area contributed by atoms with Gasteiger partial charge in [-0.25, -0.2) is 0 Å². The summed E-state index contributed by atoms with van der Waals surface area (Å²) in [6, 6.07) is 0. The maximum atomic E-state index is 0. The van der Waals surface area contributed by atoms with Crippen LogP contribution >= 0.6 is 67.9 Å². The van der Waals surface area contributed by atoms with Crippen molar-refractivity contribution >= 4 is 67.9 Å². The summed E-state index contributed by atoms with van der Waals surface area (Å²) in [5, 5.41) is 0. The molecule has 0 fully saturated rings. The Kier molecular flexibility index (Phi) is 268. The molecule has 0 aromatic rings. The fraction of sp³-hybridized carbons (Fsp3) is 0. The number of hydrogen-bond acceptors (Lipinski definition) is 0. The van der Waals surface area contributed by atoms with Crippen LogP contribution in [0.25, 0.3) is 0 Å². The van der Waals surface area contributed by atoms with Crippen LogP contribution in [0.5, 0.6) is 0 Å². The normalized spacial score (nSPS) is 0. The molecule has 0 nitrogen and oxygen atoms in total. The molecule has 0 radical (unpaired) electrons. The van der Waals surface area contributed by atoms with Crippen LogP contribution in [-0.2, 0) is 26.2 Å². The summed E-state index contributed by atoms with van der Waals surface area (Å²) in [4.78, 5) is 0. The third-order valence-corrected chi connectivity index (χ3v) is 0. The molecule has 0 N–H and O–H groups in total. The van der Waals surface area contributed by atoms with Gasteiger partial charge in [0.05, 0.1) is 0 Å². The third kappa shape index (κ3) is 20.0. The minimum absolute atomic E-state index is 0. The van der Waals surface area contributed by atoms with Crippen LogP contribution in [0, 0.1) is 0 Å². The van der Waals surface area contributed by atoms with Gasteiger partial charge in [0, 0.05) is 26.2 Å². The first-order chi connectivity index (χ1) is 0. The van der Waals surface area contributed by atoms with E-state index in [1.165, 1.54) is 0 Å². The van der Waals surface area contributed by atoms with E-state index in [-0.39, 0.29) is 94.1 Å². The minimum atomic E-state index is 0. The predicted molar refractivity (Wildman–Crippen MR) is 41.3 cm³/mol. The minimum Gasteiger partial charge on any atom is -0.114 e. The van der Waals surface area contributed by atoms with Gasteiger partial charge in [-0.1, -0.05) is 0 Å². The number of hydrogen-bond donors (Lipinski definition) is 0. The fourth-order valence-electron chi connectivity index (χ4n) is 0. The molecular formula is H4Br4Zr. The van der Waals surface area contributed by atoms with Crippen molar-refractivity contribution in [3.8, 4) is 0 Å². The van der Waals surface area contributed by atoms with Crippen molar-refractivity contribution in [2.45, 2.75) is 0 Å². The first-order valence-corrected chi connectivity index (χ1v) is 0. The molecule has 5 heavy (non-hydrogen) atoms. The van der Waals surface area contributed by atoms with Gasteiger partial charge in [0.2, 0.25) is 0 Å². The van der Waals surface area contributed by atoms with Crippen molar-refractivity contribution in [3.05, 3.63) is 0 Å². The van der Waals surface area contributed by atoms with E-state index in [1.54, 1.807) is 0 Å². The zero-order valence-electron chi connectivity index (χ0n) is 2.13. The molecule has 0 rings (SSSR count). The Hall–Kier alpha value is 2.80. The summed E-state index contributed by atoms with van der Waals surface area (Å²) in [5.41, 5.74) is 0. The largest absolute Gasteiger partial charge is 0.114 e. The van der Waals surface area contributed by atoms with Gasteiger partial charge >= 0.3 is 0 Å². The van der Waals surface area contributed by atoms with Gasteiger partial charge in [-0.2, -0.15) is 0 Å². The Balaban J connectivity index is 0. The Morgan fingerprint density at radius 1 is 0.400 bits per heavy atom. The van der Waals surface area contributed by atoms with E-state index in [0.717, 1.165) is 0 Å². The summed E-state index contributed by atoms with van der Waals surface area (Å²) < 4.78 is 0. The van der Waals surface area contributed by atoms with E-state index >= 15 is 0 Å². The first kappa shape index (κ1) is 46.0. The molecule has 0 aliphatic heterocycles. The monoisotopic (exact) mass is 410 g/mol. The molecule has 5 heteroatoms. The smallest absolute Gasteiger partial charge is 0 e. The van der Waals surface area contributed by atoms with E-state index in [1.807, 2.05) is 0 Å². The molecule has 0 saturated heterocycles. The van der Waals surface area contributed by atoms with Gasteiger partial charge in [-0.15, -0.1) is 67.9 Å². The van der Waals surface area contributed by atoms with Crippen molar-refractivity contribution in [2.24, 2.45) is 0 Å². The van der Waals surface area contributed by atoms with Crippen molar-refractivity contribution in [1.82, 2.24) is 0 Å². The summed E-state index contributed by atoms with van der Waals surface area (Å²) >= 11 is 0. The molecule has 0 spiro atoms. The van der Waals surface area contributed by atoms with E-state index in [2.05, 4.69) is 0 Å². The number of halogens is 4. The molecule has 36 valence electrons. The molecule has 0 heterocycles. The molecule has 0 aromatic carbocycles. The molecule has 0 amide bonds. The molecule has 0 aliphatic rings. The van der Waals surface area contributed by atoms with Crippen molar-refractivity contribution in [2.75, 3.05) is 0 Å². The Bertz CT molecular complexity index is 3.61. The zero-order chi connectivity index (χ0) is 0. The molecule has 0 aromatic heterocycles. The fourth-order valence-corrected chi connectivity index (χ4v) is 0. The van der Waals surface area contributed by atoms with Gasteiger partial charge in [-0.05, 0) is 0 Å². The summed E-state index contributed by atoms with van der Waals surface area (Å²) in [7, 11) is 0. The Labute approximate surface area is 92.7 Å². The average molecular weight is 415 g/mol. The summed E-state index contributed by atoms with van der Waals surface area (Å²) in [6.45, 7) is 0. The second-order valence-corrected chi connectivity index (χ2v) is 0. The van der Waals surface area contributed by atoms with Crippen LogP contribution in [0.3, 0.4) is 0 Å². The van der Waals surface area contributed by atoms with Crippen LogP contribution in [0.1, 0.15) is 0 Å². The van der Waals surface area contributed by atoms with Gasteiger partial charge in [0.15, 0.2) is 0 Å². The average Bonchev–Trinajstić information content (AvgIpc) is 0. The third-order valence-electron chi connectivity index (χ3n) is 0. The molecule has 0 unspecified atom stereocenters. The SMILES string of the molecule is Br.Br.Br.Br.[Zr]. The van der Waals surface area contributed by atoms with E-state index in [9.17, 15) is 0 Å². The van der Waals surface area contributed by atoms with Crippen molar-refractivity contribution < 1.29 is 26.2 Å². The Morgan fingerprint density at radius 2 is 0.400 bits per heavy atom. The first-order valence-electron chi connectivity index (χ1n) is 0. The van der Waals surface area contributed by atoms with Crippen molar-refractivity contribution in [3.63, 3.8) is 0 Å². The van der Waals surface area contributed by atoms with Gasteiger partial charge < -0.3 is 0 Å². The maximum Gasteiger partial charge on any atom is 0 e. The number of rotatable bonds is 0. The van der Waals surface area contributed by atoms with Crippen LogP contribution in [-0.4, -0.2) is 0 Å². The topological polar surface area (TPSA) is 0 Å². The molecule has 0 saturated carbocycles. The summed E-state index contributed by atoms with van der Waals surface area (Å²) in [5.74, 6) is 0. The van der Waals surface area contributed by atoms with E-state index in [0.29, 0.717) is 0 Å². The van der Waals surface area contributed by atoms with E-state index in [4.69, 9.17) is 0 Å². The molecule has 0 atom stereocenters. The standard InChI is InChI=1S/4BrH.Zr/h4*1H;. The molecule has 0 bridgehead atoms. The second kappa shape index (κ2) is 29.2. The van der Waals surface area contributed by atoms with Crippen LogP contribution in [0.2, 0.25) is 0 Å². The molecular weight excluding hydrogens is 411 g/mol. The maximum absolute atomic E-state index is 0. The quantitative estimate of drug-likeness (QED) is 0.570. The van der Waals surface area contributed by atoms with Crippen molar-refractivity contribution in [1.29, 1.82) is 0 Å². The summed E-state index contributed by atoms with van der Waals surface area (Å²) in [6.07, 6.45) is 0. The van der Waals surface area contributed by atoms with Crippen LogP contribution < -0.4 is 0 Å². The van der Waals surface area contributed by atoms with E-state index < -0.39 is 0 Å². The zero-order valence-corrected chi connectivity index (χ0v) is 11.4. The Morgan fingerprint density at radius 3 is 0.400 bits per heavy atom. The van der Waals surface area contributed by atoms with Crippen LogP contribution in [0.4, 0.5) is 0 Å². The van der Waals surface area contributed by atoms with Crippen LogP contribution in [0.15, 0.2) is 0 Å². The van der Waals surface area contributed by atoms with Gasteiger partial charge in [0.25, 0.3) is 0 Å². The molecule has 0 aliphatic carbocycles. The second-order valence-electron chi connectivity index (χ2n) is 0. The predicted octanol–water partition coefficient (Wildman–Crippen LogP) is 2.31. The van der Waals surface area contributed by atoms with Gasteiger partial charge in [-0.3, -0.25) is 0 Å².